The van der Waals surface area contributed by atoms with Crippen LogP contribution in [-0.2, 0) is 16.1 Å². The Hall–Kier alpha value is -2.77. The third-order valence-electron chi connectivity index (χ3n) is 4.83. The lowest BCUT2D eigenvalue weighted by Crippen LogP contribution is -2.57. The van der Waals surface area contributed by atoms with Gasteiger partial charge in [-0.15, -0.1) is 0 Å². The molecular formula is C21H31N5O3. The molecule has 2 aliphatic rings. The molecule has 2 amide bonds. The fourth-order valence-corrected chi connectivity index (χ4v) is 3.40. The van der Waals surface area contributed by atoms with Gasteiger partial charge in [-0.2, -0.15) is 0 Å². The van der Waals surface area contributed by atoms with E-state index in [1.54, 1.807) is 4.90 Å². The molecule has 0 bridgehead atoms. The number of hydrogen-bond donors (Lipinski definition) is 2. The molecule has 0 aromatic heterocycles. The number of carbonyl (C=O) groups excluding carboxylic acids is 2. The number of aliphatic imine (C=N–C) groups is 1. The second kappa shape index (κ2) is 9.15. The third-order valence-corrected chi connectivity index (χ3v) is 4.83. The van der Waals surface area contributed by atoms with Crippen molar-refractivity contribution in [3.8, 4) is 0 Å². The summed E-state index contributed by atoms with van der Waals surface area (Å²) in [7, 11) is 0. The minimum Gasteiger partial charge on any atom is -0.444 e. The molecule has 8 heteroatoms. The molecule has 29 heavy (non-hydrogen) atoms. The summed E-state index contributed by atoms with van der Waals surface area (Å²) >= 11 is 0. The Bertz CT molecular complexity index is 744. The standard InChI is InChI=1S/C21H31N5O3/c1-21(2,3)29-20(28)25-11-12-26-17(15-25)14-24-19(26)22-10-9-18(27)23-13-16-7-5-4-6-8-16/h4-8,17H,9-15H2,1-3H3,(H,22,24)(H,23,27). The maximum atomic E-state index is 12.3. The highest BCUT2D eigenvalue weighted by atomic mass is 16.6. The van der Waals surface area contributed by atoms with Crippen LogP contribution in [-0.4, -0.2) is 72.1 Å². The van der Waals surface area contributed by atoms with Crippen LogP contribution >= 0.6 is 0 Å². The van der Waals surface area contributed by atoms with E-state index in [9.17, 15) is 9.59 Å². The largest absolute Gasteiger partial charge is 0.444 e. The number of hydrogen-bond acceptors (Lipinski definition) is 6. The summed E-state index contributed by atoms with van der Waals surface area (Å²) in [4.78, 5) is 32.8. The second-order valence-electron chi connectivity index (χ2n) is 8.38. The Kier molecular flexibility index (Phi) is 6.61. The van der Waals surface area contributed by atoms with Crippen molar-refractivity contribution < 1.29 is 14.3 Å². The molecule has 3 rings (SSSR count). The molecular weight excluding hydrogens is 370 g/mol. The molecule has 8 nitrogen and oxygen atoms in total. The van der Waals surface area contributed by atoms with Gasteiger partial charge in [0, 0.05) is 39.1 Å². The van der Waals surface area contributed by atoms with Crippen molar-refractivity contribution in [1.29, 1.82) is 0 Å². The summed E-state index contributed by atoms with van der Waals surface area (Å²) in [5, 5.41) is 6.20. The van der Waals surface area contributed by atoms with Gasteiger partial charge in [0.25, 0.3) is 0 Å². The number of nitrogens with zero attached hydrogens (tertiary/aromatic N) is 3. The van der Waals surface area contributed by atoms with Crippen molar-refractivity contribution in [1.82, 2.24) is 20.4 Å². The molecule has 1 fully saturated rings. The average Bonchev–Trinajstić information content (AvgIpc) is 3.08. The van der Waals surface area contributed by atoms with E-state index >= 15 is 0 Å². The van der Waals surface area contributed by atoms with E-state index in [4.69, 9.17) is 4.74 Å². The number of carbonyl (C=O) groups is 2. The zero-order valence-corrected chi connectivity index (χ0v) is 17.5. The van der Waals surface area contributed by atoms with Crippen LogP contribution in [0.2, 0.25) is 0 Å². The van der Waals surface area contributed by atoms with Crippen LogP contribution < -0.4 is 10.6 Å². The van der Waals surface area contributed by atoms with Gasteiger partial charge in [-0.1, -0.05) is 30.3 Å². The van der Waals surface area contributed by atoms with Crippen molar-refractivity contribution in [2.45, 2.75) is 45.4 Å². The number of benzene rings is 1. The number of fused-ring (bicyclic) bond motifs is 1. The number of ether oxygens (including phenoxy) is 1. The van der Waals surface area contributed by atoms with Crippen molar-refractivity contribution in [2.24, 2.45) is 4.99 Å². The van der Waals surface area contributed by atoms with Crippen LogP contribution in [0, 0.1) is 0 Å². The predicted octanol–water partition coefficient (Wildman–Crippen LogP) is 1.57. The monoisotopic (exact) mass is 401 g/mol. The number of nitrogens with one attached hydrogen (secondary N) is 2. The summed E-state index contributed by atoms with van der Waals surface area (Å²) < 4.78 is 5.47. The number of amides is 2. The van der Waals surface area contributed by atoms with Crippen molar-refractivity contribution in [3.63, 3.8) is 0 Å². The van der Waals surface area contributed by atoms with Gasteiger partial charge in [-0.3, -0.25) is 9.79 Å². The summed E-state index contributed by atoms with van der Waals surface area (Å²) in [5.74, 6) is 0.820. The van der Waals surface area contributed by atoms with Crippen LogP contribution in [0.25, 0.3) is 0 Å². The van der Waals surface area contributed by atoms with E-state index in [2.05, 4.69) is 20.5 Å². The van der Waals surface area contributed by atoms with E-state index in [0.29, 0.717) is 45.7 Å². The normalized spacial score (nSPS) is 18.7. The van der Waals surface area contributed by atoms with Crippen LogP contribution in [0.3, 0.4) is 0 Å². The SMILES string of the molecule is CC(C)(C)OC(=O)N1CCN2C(NCCC(=O)NCc3ccccc3)=NCC2C1. The molecule has 0 saturated carbocycles. The maximum Gasteiger partial charge on any atom is 0.410 e. The molecule has 1 atom stereocenters. The van der Waals surface area contributed by atoms with Crippen LogP contribution in [0.1, 0.15) is 32.8 Å². The smallest absolute Gasteiger partial charge is 0.410 e. The zero-order valence-electron chi connectivity index (χ0n) is 17.5. The quantitative estimate of drug-likeness (QED) is 0.782. The van der Waals surface area contributed by atoms with Crippen molar-refractivity contribution in [2.75, 3.05) is 32.7 Å². The highest BCUT2D eigenvalue weighted by molar-refractivity contribution is 5.83. The summed E-state index contributed by atoms with van der Waals surface area (Å²) in [5.41, 5.74) is 0.591. The lowest BCUT2D eigenvalue weighted by atomic mass is 10.2. The van der Waals surface area contributed by atoms with E-state index in [0.717, 1.165) is 11.5 Å². The number of rotatable bonds is 5. The Morgan fingerprint density at radius 3 is 2.69 bits per heavy atom. The van der Waals surface area contributed by atoms with E-state index in [-0.39, 0.29) is 18.0 Å². The first kappa shape index (κ1) is 21.0. The van der Waals surface area contributed by atoms with Gasteiger partial charge in [0.1, 0.15) is 5.60 Å². The molecule has 2 aliphatic heterocycles. The molecule has 1 saturated heterocycles. The first-order valence-corrected chi connectivity index (χ1v) is 10.2. The van der Waals surface area contributed by atoms with Crippen molar-refractivity contribution >= 4 is 18.0 Å². The molecule has 158 valence electrons. The highest BCUT2D eigenvalue weighted by Gasteiger charge is 2.36. The van der Waals surface area contributed by atoms with Gasteiger partial charge in [-0.25, -0.2) is 4.79 Å². The maximum absolute atomic E-state index is 12.3. The Balaban J connectivity index is 1.37. The minimum absolute atomic E-state index is 0.00578. The number of piperazine rings is 1. The molecule has 1 aromatic rings. The van der Waals surface area contributed by atoms with Gasteiger partial charge in [0.15, 0.2) is 5.96 Å². The molecule has 1 unspecified atom stereocenters. The molecule has 2 N–H and O–H groups in total. The predicted molar refractivity (Wildman–Crippen MR) is 112 cm³/mol. The first-order valence-electron chi connectivity index (χ1n) is 10.2. The molecule has 0 aliphatic carbocycles. The lowest BCUT2D eigenvalue weighted by Gasteiger charge is -2.39. The topological polar surface area (TPSA) is 86.3 Å². The van der Waals surface area contributed by atoms with Gasteiger partial charge in [0.05, 0.1) is 12.6 Å². The fourth-order valence-electron chi connectivity index (χ4n) is 3.40. The molecule has 0 radical (unpaired) electrons. The van der Waals surface area contributed by atoms with E-state index in [1.807, 2.05) is 51.1 Å². The molecule has 1 aromatic carbocycles. The van der Waals surface area contributed by atoms with Gasteiger partial charge in [-0.05, 0) is 26.3 Å². The third kappa shape index (κ3) is 6.10. The summed E-state index contributed by atoms with van der Waals surface area (Å²) in [6, 6.07) is 10.0. The van der Waals surface area contributed by atoms with Crippen LogP contribution in [0.5, 0.6) is 0 Å². The Morgan fingerprint density at radius 2 is 1.97 bits per heavy atom. The van der Waals surface area contributed by atoms with Gasteiger partial charge < -0.3 is 25.2 Å². The Morgan fingerprint density at radius 1 is 1.21 bits per heavy atom. The Labute approximate surface area is 172 Å². The molecule has 0 spiro atoms. The van der Waals surface area contributed by atoms with Gasteiger partial charge in [0.2, 0.25) is 5.91 Å². The first-order chi connectivity index (χ1) is 13.8. The second-order valence-corrected chi connectivity index (χ2v) is 8.38. The zero-order chi connectivity index (χ0) is 20.9. The van der Waals surface area contributed by atoms with Gasteiger partial charge >= 0.3 is 6.09 Å². The average molecular weight is 402 g/mol. The summed E-state index contributed by atoms with van der Waals surface area (Å²) in [6.45, 7) is 9.23. The highest BCUT2D eigenvalue weighted by Crippen LogP contribution is 2.18. The van der Waals surface area contributed by atoms with Crippen LogP contribution in [0.4, 0.5) is 4.79 Å². The van der Waals surface area contributed by atoms with E-state index in [1.165, 1.54) is 0 Å². The summed E-state index contributed by atoms with van der Waals surface area (Å²) in [6.07, 6.45) is 0.114. The van der Waals surface area contributed by atoms with Crippen molar-refractivity contribution in [3.05, 3.63) is 35.9 Å². The minimum atomic E-state index is -0.492. The fraction of sp³-hybridized carbons (Fsp3) is 0.571. The number of guanidine groups is 1. The molecule has 2 heterocycles. The van der Waals surface area contributed by atoms with E-state index < -0.39 is 5.60 Å². The van der Waals surface area contributed by atoms with Crippen LogP contribution in [0.15, 0.2) is 35.3 Å². The lowest BCUT2D eigenvalue weighted by molar-refractivity contribution is -0.121.